The summed E-state index contributed by atoms with van der Waals surface area (Å²) >= 11 is 7.46. The topological polar surface area (TPSA) is 58.6 Å². The summed E-state index contributed by atoms with van der Waals surface area (Å²) in [4.78, 5) is 27.4. The van der Waals surface area contributed by atoms with Crippen LogP contribution in [-0.2, 0) is 21.9 Å². The first kappa shape index (κ1) is 24.1. The molecule has 0 saturated heterocycles. The number of benzene rings is 2. The number of nitrogens with one attached hydrogen (secondary N) is 1. The Morgan fingerprint density at radius 3 is 2.50 bits per heavy atom. The molecule has 0 fully saturated rings. The molecular weight excluding hydrogens is 420 g/mol. The van der Waals surface area contributed by atoms with E-state index in [4.69, 9.17) is 16.3 Å². The highest BCUT2D eigenvalue weighted by Crippen LogP contribution is 2.20. The number of nitrogens with zero attached hydrogens (tertiary/aromatic N) is 1. The molecule has 1 atom stereocenters. The van der Waals surface area contributed by atoms with E-state index in [1.807, 2.05) is 62.4 Å². The molecule has 0 aliphatic rings. The van der Waals surface area contributed by atoms with Crippen LogP contribution < -0.4 is 10.1 Å². The Hall–Kier alpha value is -2.18. The Kier molecular flexibility index (Phi) is 10.0. The summed E-state index contributed by atoms with van der Waals surface area (Å²) in [6, 6.07) is 14.7. The van der Waals surface area contributed by atoms with Gasteiger partial charge in [-0.1, -0.05) is 42.8 Å². The van der Waals surface area contributed by atoms with Crippen LogP contribution in [0.25, 0.3) is 0 Å². The summed E-state index contributed by atoms with van der Waals surface area (Å²) in [5.41, 5.74) is 2.03. The van der Waals surface area contributed by atoms with Crippen LogP contribution in [0, 0.1) is 0 Å². The van der Waals surface area contributed by atoms with Gasteiger partial charge < -0.3 is 15.0 Å². The van der Waals surface area contributed by atoms with E-state index in [-0.39, 0.29) is 11.8 Å². The average Bonchev–Trinajstić information content (AvgIpc) is 2.75. The smallest absolute Gasteiger partial charge is 0.242 e. The summed E-state index contributed by atoms with van der Waals surface area (Å²) < 4.78 is 5.30. The first-order valence-corrected chi connectivity index (χ1v) is 11.5. The Labute approximate surface area is 188 Å². The largest absolute Gasteiger partial charge is 0.497 e. The van der Waals surface area contributed by atoms with E-state index in [9.17, 15) is 9.59 Å². The zero-order valence-electron chi connectivity index (χ0n) is 17.7. The van der Waals surface area contributed by atoms with Crippen LogP contribution in [0.3, 0.4) is 0 Å². The molecule has 2 aromatic rings. The van der Waals surface area contributed by atoms with E-state index < -0.39 is 6.04 Å². The highest BCUT2D eigenvalue weighted by atomic mass is 35.5. The number of rotatable bonds is 11. The maximum atomic E-state index is 13.1. The van der Waals surface area contributed by atoms with Crippen molar-refractivity contribution in [2.75, 3.05) is 19.4 Å². The number of amides is 2. The molecule has 2 amide bonds. The molecule has 0 saturated carbocycles. The molecule has 0 aliphatic heterocycles. The zero-order chi connectivity index (χ0) is 21.9. The lowest BCUT2D eigenvalue weighted by Gasteiger charge is -2.30. The van der Waals surface area contributed by atoms with Crippen molar-refractivity contribution >= 4 is 35.2 Å². The van der Waals surface area contributed by atoms with Gasteiger partial charge in [0.25, 0.3) is 0 Å². The first-order chi connectivity index (χ1) is 14.5. The molecule has 0 aromatic heterocycles. The molecule has 0 radical (unpaired) electrons. The lowest BCUT2D eigenvalue weighted by Crippen LogP contribution is -2.49. The fourth-order valence-electron chi connectivity index (χ4n) is 3.10. The molecule has 0 heterocycles. The fourth-order valence-corrected chi connectivity index (χ4v) is 4.10. The van der Waals surface area contributed by atoms with Crippen LogP contribution >= 0.6 is 23.4 Å². The standard InChI is InChI=1S/C23H29ClN2O3S/c1-4-21(23(28)25-5-2)26(14-18-7-6-8-20(13-18)29-3)22(27)16-30-15-17-9-11-19(24)12-10-17/h6-13,21H,4-5,14-16H2,1-3H3,(H,25,28)/t21-/m0/s1. The summed E-state index contributed by atoms with van der Waals surface area (Å²) in [6.45, 7) is 4.68. The number of thioether (sulfide) groups is 1. The van der Waals surface area contributed by atoms with E-state index >= 15 is 0 Å². The van der Waals surface area contributed by atoms with E-state index in [1.165, 1.54) is 11.8 Å². The van der Waals surface area contributed by atoms with E-state index in [0.29, 0.717) is 36.0 Å². The van der Waals surface area contributed by atoms with Crippen LogP contribution in [0.5, 0.6) is 5.75 Å². The molecule has 162 valence electrons. The zero-order valence-corrected chi connectivity index (χ0v) is 19.3. The quantitative estimate of drug-likeness (QED) is 0.548. The lowest BCUT2D eigenvalue weighted by atomic mass is 10.1. The molecule has 0 unspecified atom stereocenters. The number of hydrogen-bond donors (Lipinski definition) is 1. The van der Waals surface area contributed by atoms with Crippen molar-refractivity contribution in [3.05, 3.63) is 64.7 Å². The van der Waals surface area contributed by atoms with Gasteiger partial charge in [0, 0.05) is 23.9 Å². The summed E-state index contributed by atoms with van der Waals surface area (Å²) in [7, 11) is 1.61. The third-order valence-electron chi connectivity index (χ3n) is 4.63. The van der Waals surface area contributed by atoms with Gasteiger partial charge in [0.2, 0.25) is 11.8 Å². The number of methoxy groups -OCH3 is 1. The number of halogens is 1. The monoisotopic (exact) mass is 448 g/mol. The van der Waals surface area contributed by atoms with Gasteiger partial charge in [0.05, 0.1) is 12.9 Å². The molecule has 7 heteroatoms. The lowest BCUT2D eigenvalue weighted by molar-refractivity contribution is -0.139. The number of likely N-dealkylation sites (N-methyl/N-ethyl adjacent to an activating group) is 1. The Morgan fingerprint density at radius 2 is 1.87 bits per heavy atom. The summed E-state index contributed by atoms with van der Waals surface area (Å²) in [6.07, 6.45) is 0.545. The van der Waals surface area contributed by atoms with Crippen molar-refractivity contribution in [2.24, 2.45) is 0 Å². The van der Waals surface area contributed by atoms with Gasteiger partial charge in [0.1, 0.15) is 11.8 Å². The predicted molar refractivity (Wildman–Crippen MR) is 124 cm³/mol. The van der Waals surface area contributed by atoms with Crippen LogP contribution in [0.1, 0.15) is 31.4 Å². The van der Waals surface area contributed by atoms with Crippen molar-refractivity contribution in [1.82, 2.24) is 10.2 Å². The normalized spacial score (nSPS) is 11.6. The summed E-state index contributed by atoms with van der Waals surface area (Å²) in [5.74, 6) is 1.54. The minimum atomic E-state index is -0.514. The van der Waals surface area contributed by atoms with Crippen molar-refractivity contribution in [2.45, 2.75) is 38.6 Å². The number of hydrogen-bond acceptors (Lipinski definition) is 4. The molecule has 0 aliphatic carbocycles. The second-order valence-corrected chi connectivity index (χ2v) is 8.23. The van der Waals surface area contributed by atoms with Crippen molar-refractivity contribution in [3.63, 3.8) is 0 Å². The fraction of sp³-hybridized carbons (Fsp3) is 0.391. The van der Waals surface area contributed by atoms with Gasteiger partial charge in [-0.3, -0.25) is 9.59 Å². The highest BCUT2D eigenvalue weighted by Gasteiger charge is 2.28. The van der Waals surface area contributed by atoms with E-state index in [0.717, 1.165) is 16.9 Å². The molecule has 0 bridgehead atoms. The van der Waals surface area contributed by atoms with Crippen LogP contribution in [-0.4, -0.2) is 42.2 Å². The molecule has 30 heavy (non-hydrogen) atoms. The summed E-state index contributed by atoms with van der Waals surface area (Å²) in [5, 5.41) is 3.54. The van der Waals surface area contributed by atoms with Gasteiger partial charge in [-0.15, -0.1) is 11.8 Å². The van der Waals surface area contributed by atoms with Gasteiger partial charge in [0.15, 0.2) is 0 Å². The molecular formula is C23H29ClN2O3S. The minimum Gasteiger partial charge on any atom is -0.497 e. The maximum absolute atomic E-state index is 13.1. The Balaban J connectivity index is 2.12. The number of carbonyl (C=O) groups is 2. The first-order valence-electron chi connectivity index (χ1n) is 10.0. The molecule has 0 spiro atoms. The molecule has 2 aromatic carbocycles. The minimum absolute atomic E-state index is 0.0603. The van der Waals surface area contributed by atoms with E-state index in [2.05, 4.69) is 5.32 Å². The number of carbonyl (C=O) groups excluding carboxylic acids is 2. The second kappa shape index (κ2) is 12.5. The van der Waals surface area contributed by atoms with Crippen LogP contribution in [0.2, 0.25) is 5.02 Å². The SMILES string of the molecule is CCNC(=O)[C@H](CC)N(Cc1cccc(OC)c1)C(=O)CSCc1ccc(Cl)cc1. The number of ether oxygens (including phenoxy) is 1. The molecule has 1 N–H and O–H groups in total. The van der Waals surface area contributed by atoms with Crippen LogP contribution in [0.15, 0.2) is 48.5 Å². The van der Waals surface area contributed by atoms with Crippen molar-refractivity contribution < 1.29 is 14.3 Å². The van der Waals surface area contributed by atoms with Gasteiger partial charge in [-0.2, -0.15) is 0 Å². The Morgan fingerprint density at radius 1 is 1.13 bits per heavy atom. The second-order valence-electron chi connectivity index (χ2n) is 6.81. The highest BCUT2D eigenvalue weighted by molar-refractivity contribution is 7.99. The van der Waals surface area contributed by atoms with Crippen molar-refractivity contribution in [3.8, 4) is 5.75 Å². The third kappa shape index (κ3) is 7.26. The van der Waals surface area contributed by atoms with Crippen LogP contribution in [0.4, 0.5) is 0 Å². The van der Waals surface area contributed by atoms with Gasteiger partial charge in [-0.05, 0) is 48.7 Å². The predicted octanol–water partition coefficient (Wildman–Crippen LogP) is 4.53. The van der Waals surface area contributed by atoms with Gasteiger partial charge in [-0.25, -0.2) is 0 Å². The third-order valence-corrected chi connectivity index (χ3v) is 5.87. The molecule has 5 nitrogen and oxygen atoms in total. The van der Waals surface area contributed by atoms with E-state index in [1.54, 1.807) is 12.0 Å². The van der Waals surface area contributed by atoms with Crippen molar-refractivity contribution in [1.29, 1.82) is 0 Å². The Bertz CT molecular complexity index is 829. The van der Waals surface area contributed by atoms with Gasteiger partial charge >= 0.3 is 0 Å². The average molecular weight is 449 g/mol. The molecule has 2 rings (SSSR count). The maximum Gasteiger partial charge on any atom is 0.242 e.